The lowest BCUT2D eigenvalue weighted by Crippen LogP contribution is -2.29. The van der Waals surface area contributed by atoms with Crippen LogP contribution in [0.25, 0.3) is 11.5 Å². The van der Waals surface area contributed by atoms with E-state index in [-0.39, 0.29) is 17.7 Å². The monoisotopic (exact) mass is 397 g/mol. The highest BCUT2D eigenvalue weighted by Crippen LogP contribution is 2.25. The number of thioether (sulfide) groups is 1. The van der Waals surface area contributed by atoms with Gasteiger partial charge in [-0.1, -0.05) is 48.5 Å². The van der Waals surface area contributed by atoms with E-state index < -0.39 is 0 Å². The van der Waals surface area contributed by atoms with Gasteiger partial charge in [0.25, 0.3) is 5.22 Å². The number of rotatable bonds is 8. The smallest absolute Gasteiger partial charge is 0.277 e. The molecule has 0 saturated carbocycles. The Morgan fingerprint density at radius 3 is 2.50 bits per heavy atom. The number of ether oxygens (including phenoxy) is 1. The Morgan fingerprint density at radius 1 is 1.14 bits per heavy atom. The number of methoxy groups -OCH3 is 1. The molecule has 1 aromatic heterocycles. The highest BCUT2D eigenvalue weighted by molar-refractivity contribution is 7.99. The molecule has 0 aliphatic rings. The number of hydrogen-bond donors (Lipinski definition) is 1. The molecule has 1 amide bonds. The van der Waals surface area contributed by atoms with Crippen molar-refractivity contribution in [3.63, 3.8) is 0 Å². The Kier molecular flexibility index (Phi) is 6.71. The molecule has 0 bridgehead atoms. The lowest BCUT2D eigenvalue weighted by Gasteiger charge is -2.17. The summed E-state index contributed by atoms with van der Waals surface area (Å²) in [7, 11) is 1.61. The molecule has 0 aliphatic heterocycles. The maximum Gasteiger partial charge on any atom is 0.277 e. The van der Waals surface area contributed by atoms with Crippen LogP contribution in [0.3, 0.4) is 0 Å². The fourth-order valence-electron chi connectivity index (χ4n) is 2.70. The molecule has 1 heterocycles. The zero-order valence-corrected chi connectivity index (χ0v) is 17.0. The zero-order chi connectivity index (χ0) is 19.9. The summed E-state index contributed by atoms with van der Waals surface area (Å²) in [5, 5.41) is 11.5. The molecule has 7 heteroatoms. The molecule has 0 aliphatic carbocycles. The van der Waals surface area contributed by atoms with Crippen molar-refractivity contribution in [2.75, 3.05) is 12.9 Å². The van der Waals surface area contributed by atoms with Gasteiger partial charge in [-0.25, -0.2) is 0 Å². The van der Waals surface area contributed by atoms with Gasteiger partial charge in [0.1, 0.15) is 5.75 Å². The van der Waals surface area contributed by atoms with Gasteiger partial charge in [-0.2, -0.15) is 0 Å². The maximum atomic E-state index is 12.3. The fourth-order valence-corrected chi connectivity index (χ4v) is 3.28. The second-order valence-electron chi connectivity index (χ2n) is 6.33. The normalized spacial score (nSPS) is 11.8. The predicted molar refractivity (Wildman–Crippen MR) is 109 cm³/mol. The Hall–Kier alpha value is -2.80. The Balaban J connectivity index is 1.55. The van der Waals surface area contributed by atoms with E-state index in [2.05, 4.69) is 46.7 Å². The molecular weight excluding hydrogens is 374 g/mol. The van der Waals surface area contributed by atoms with Crippen LogP contribution in [0.15, 0.2) is 58.2 Å². The van der Waals surface area contributed by atoms with Crippen LogP contribution in [0, 0.1) is 6.92 Å². The first kappa shape index (κ1) is 19.9. The lowest BCUT2D eigenvalue weighted by molar-refractivity contribution is -0.119. The van der Waals surface area contributed by atoms with Gasteiger partial charge in [0.15, 0.2) is 0 Å². The van der Waals surface area contributed by atoms with Gasteiger partial charge in [-0.3, -0.25) is 4.79 Å². The van der Waals surface area contributed by atoms with Crippen molar-refractivity contribution in [2.24, 2.45) is 0 Å². The van der Waals surface area contributed by atoms with Crippen molar-refractivity contribution >= 4 is 17.7 Å². The third-order valence-corrected chi connectivity index (χ3v) is 5.11. The first-order valence-corrected chi connectivity index (χ1v) is 10.0. The largest absolute Gasteiger partial charge is 0.497 e. The third kappa shape index (κ3) is 5.13. The number of nitrogens with zero attached hydrogens (tertiary/aromatic N) is 2. The maximum absolute atomic E-state index is 12.3. The summed E-state index contributed by atoms with van der Waals surface area (Å²) >= 11 is 1.22. The number of carbonyl (C=O) groups is 1. The van der Waals surface area contributed by atoms with Crippen LogP contribution in [0.2, 0.25) is 0 Å². The molecule has 28 heavy (non-hydrogen) atoms. The molecule has 2 aromatic carbocycles. The van der Waals surface area contributed by atoms with E-state index in [1.165, 1.54) is 17.3 Å². The molecule has 3 aromatic rings. The minimum absolute atomic E-state index is 0.00811. The molecule has 6 nitrogen and oxygen atoms in total. The summed E-state index contributed by atoms with van der Waals surface area (Å²) in [6.07, 6.45) is 0.821. The second kappa shape index (κ2) is 9.41. The summed E-state index contributed by atoms with van der Waals surface area (Å²) in [5.74, 6) is 1.32. The van der Waals surface area contributed by atoms with Crippen LogP contribution in [0.5, 0.6) is 5.75 Å². The van der Waals surface area contributed by atoms with E-state index in [9.17, 15) is 4.79 Å². The Labute approximate surface area is 168 Å². The van der Waals surface area contributed by atoms with Gasteiger partial charge in [0.2, 0.25) is 11.8 Å². The van der Waals surface area contributed by atoms with E-state index in [1.807, 2.05) is 31.2 Å². The number of benzene rings is 2. The average Bonchev–Trinajstić information content (AvgIpc) is 3.20. The average molecular weight is 398 g/mol. The highest BCUT2D eigenvalue weighted by atomic mass is 32.2. The van der Waals surface area contributed by atoms with E-state index in [0.29, 0.717) is 11.1 Å². The fraction of sp³-hybridized carbons (Fsp3) is 0.286. The standard InChI is InChI=1S/C21H23N3O3S/c1-4-18(15-7-5-14(2)6-8-15)22-19(25)13-28-21-24-23-20(27-21)16-9-11-17(26-3)12-10-16/h5-12,18H,4,13H2,1-3H3,(H,22,25)/t18-/m1/s1. The molecule has 0 radical (unpaired) electrons. The third-order valence-electron chi connectivity index (χ3n) is 4.29. The van der Waals surface area contributed by atoms with Gasteiger partial charge in [0.05, 0.1) is 18.9 Å². The quantitative estimate of drug-likeness (QED) is 0.567. The van der Waals surface area contributed by atoms with Crippen molar-refractivity contribution < 1.29 is 13.9 Å². The van der Waals surface area contributed by atoms with Gasteiger partial charge in [-0.15, -0.1) is 10.2 Å². The van der Waals surface area contributed by atoms with Crippen molar-refractivity contribution in [1.82, 2.24) is 15.5 Å². The van der Waals surface area contributed by atoms with Gasteiger partial charge in [-0.05, 0) is 43.2 Å². The summed E-state index contributed by atoms with van der Waals surface area (Å²) in [5.41, 5.74) is 3.10. The number of amides is 1. The molecule has 0 unspecified atom stereocenters. The van der Waals surface area contributed by atoms with Gasteiger partial charge >= 0.3 is 0 Å². The van der Waals surface area contributed by atoms with Crippen LogP contribution < -0.4 is 10.1 Å². The van der Waals surface area contributed by atoms with E-state index >= 15 is 0 Å². The topological polar surface area (TPSA) is 77.2 Å². The van der Waals surface area contributed by atoms with Crippen LogP contribution in [-0.2, 0) is 4.79 Å². The van der Waals surface area contributed by atoms with E-state index in [0.717, 1.165) is 23.3 Å². The van der Waals surface area contributed by atoms with Crippen molar-refractivity contribution in [2.45, 2.75) is 31.5 Å². The SMILES string of the molecule is CC[C@@H](NC(=O)CSc1nnc(-c2ccc(OC)cc2)o1)c1ccc(C)cc1. The number of aryl methyl sites for hydroxylation is 1. The van der Waals surface area contributed by atoms with Crippen LogP contribution in [-0.4, -0.2) is 29.0 Å². The molecule has 146 valence electrons. The minimum atomic E-state index is -0.0679. The minimum Gasteiger partial charge on any atom is -0.497 e. The molecule has 0 fully saturated rings. The number of nitrogens with one attached hydrogen (secondary N) is 1. The summed E-state index contributed by atoms with van der Waals surface area (Å²) in [6, 6.07) is 15.6. The first-order chi connectivity index (χ1) is 13.6. The molecular formula is C21H23N3O3S. The Bertz CT molecular complexity index is 907. The first-order valence-electron chi connectivity index (χ1n) is 9.05. The summed E-state index contributed by atoms with van der Waals surface area (Å²) in [4.78, 5) is 12.3. The highest BCUT2D eigenvalue weighted by Gasteiger charge is 2.15. The van der Waals surface area contributed by atoms with Crippen molar-refractivity contribution in [1.29, 1.82) is 0 Å². The summed E-state index contributed by atoms with van der Waals surface area (Å²) < 4.78 is 10.8. The molecule has 0 spiro atoms. The van der Waals surface area contributed by atoms with Crippen molar-refractivity contribution in [3.05, 3.63) is 59.7 Å². The zero-order valence-electron chi connectivity index (χ0n) is 16.1. The number of carbonyl (C=O) groups excluding carboxylic acids is 1. The molecule has 0 saturated heterocycles. The van der Waals surface area contributed by atoms with Gasteiger partial charge in [0, 0.05) is 5.56 Å². The van der Waals surface area contributed by atoms with Crippen molar-refractivity contribution in [3.8, 4) is 17.2 Å². The molecule has 3 rings (SSSR count). The van der Waals surface area contributed by atoms with Crippen LogP contribution in [0.1, 0.15) is 30.5 Å². The summed E-state index contributed by atoms with van der Waals surface area (Å²) in [6.45, 7) is 4.10. The van der Waals surface area contributed by atoms with E-state index in [1.54, 1.807) is 7.11 Å². The lowest BCUT2D eigenvalue weighted by atomic mass is 10.0. The Morgan fingerprint density at radius 2 is 1.86 bits per heavy atom. The molecule has 1 atom stereocenters. The number of hydrogen-bond acceptors (Lipinski definition) is 6. The van der Waals surface area contributed by atoms with Gasteiger partial charge < -0.3 is 14.5 Å². The van der Waals surface area contributed by atoms with E-state index in [4.69, 9.17) is 9.15 Å². The predicted octanol–water partition coefficient (Wildman–Crippen LogP) is 4.41. The number of aromatic nitrogens is 2. The van der Waals surface area contributed by atoms with Crippen LogP contribution >= 0.6 is 11.8 Å². The second-order valence-corrected chi connectivity index (χ2v) is 7.26. The van der Waals surface area contributed by atoms with Crippen LogP contribution in [0.4, 0.5) is 0 Å². The molecule has 1 N–H and O–H groups in total.